The standard InChI is InChI=1S/C14H13B2ClN2O4/c15-10-9(6-2-1-3-7(17)4-6)13(16)19-11(12(10)22)14(23)18-5-8(20)21/h1-4,22H,5,15-16H2,(H,18,23)(H,20,21). The number of hydrogen-bond acceptors (Lipinski definition) is 4. The third-order valence-electron chi connectivity index (χ3n) is 3.32. The molecule has 0 atom stereocenters. The number of halogens is 1. The van der Waals surface area contributed by atoms with Gasteiger partial charge in [-0.1, -0.05) is 23.7 Å². The van der Waals surface area contributed by atoms with Crippen molar-refractivity contribution in [1.29, 1.82) is 0 Å². The first-order valence-corrected chi connectivity index (χ1v) is 7.15. The summed E-state index contributed by atoms with van der Waals surface area (Å²) in [5.41, 5.74) is 2.25. The van der Waals surface area contributed by atoms with Gasteiger partial charge in [0.1, 0.15) is 20.1 Å². The van der Waals surface area contributed by atoms with E-state index in [4.69, 9.17) is 16.7 Å². The Kier molecular flexibility index (Phi) is 4.95. The number of nitrogens with zero attached hydrogens (tertiary/aromatic N) is 1. The van der Waals surface area contributed by atoms with Crippen LogP contribution in [0.15, 0.2) is 24.3 Å². The van der Waals surface area contributed by atoms with Crippen LogP contribution >= 0.6 is 11.6 Å². The number of carbonyl (C=O) groups is 2. The van der Waals surface area contributed by atoms with E-state index in [1.165, 1.54) is 0 Å². The zero-order valence-electron chi connectivity index (χ0n) is 12.6. The lowest BCUT2D eigenvalue weighted by molar-refractivity contribution is -0.135. The molecule has 1 aromatic carbocycles. The maximum Gasteiger partial charge on any atom is 0.322 e. The summed E-state index contributed by atoms with van der Waals surface area (Å²) in [5, 5.41) is 21.6. The minimum Gasteiger partial charge on any atom is -0.506 e. The van der Waals surface area contributed by atoms with Crippen LogP contribution in [0.5, 0.6) is 5.75 Å². The fourth-order valence-electron chi connectivity index (χ4n) is 2.31. The van der Waals surface area contributed by atoms with Gasteiger partial charge < -0.3 is 15.5 Å². The van der Waals surface area contributed by atoms with E-state index in [0.29, 0.717) is 21.6 Å². The van der Waals surface area contributed by atoms with Crippen molar-refractivity contribution in [3.8, 4) is 16.9 Å². The maximum atomic E-state index is 12.0. The van der Waals surface area contributed by atoms with Crippen molar-refractivity contribution in [1.82, 2.24) is 10.3 Å². The first-order chi connectivity index (χ1) is 10.8. The second-order valence-electron chi connectivity index (χ2n) is 4.98. The zero-order chi connectivity index (χ0) is 17.1. The molecule has 0 spiro atoms. The summed E-state index contributed by atoms with van der Waals surface area (Å²) >= 11 is 5.99. The van der Waals surface area contributed by atoms with Crippen molar-refractivity contribution >= 4 is 50.2 Å². The van der Waals surface area contributed by atoms with E-state index in [1.54, 1.807) is 33.9 Å². The van der Waals surface area contributed by atoms with Gasteiger partial charge in [-0.2, -0.15) is 0 Å². The lowest BCUT2D eigenvalue weighted by Gasteiger charge is -2.15. The average molecular weight is 330 g/mol. The number of nitrogens with one attached hydrogen (secondary N) is 1. The number of rotatable bonds is 4. The molecule has 0 unspecified atom stereocenters. The summed E-state index contributed by atoms with van der Waals surface area (Å²) < 4.78 is 0. The molecule has 23 heavy (non-hydrogen) atoms. The Hall–Kier alpha value is -2.47. The number of aromatic nitrogens is 1. The molecular weight excluding hydrogens is 317 g/mol. The normalized spacial score (nSPS) is 10.3. The number of carboxylic acids is 1. The molecule has 0 fully saturated rings. The van der Waals surface area contributed by atoms with Crippen LogP contribution in [-0.4, -0.2) is 49.3 Å². The first-order valence-electron chi connectivity index (χ1n) is 6.77. The Morgan fingerprint density at radius 1 is 1.30 bits per heavy atom. The highest BCUT2D eigenvalue weighted by Gasteiger charge is 2.20. The lowest BCUT2D eigenvalue weighted by Crippen LogP contribution is -2.34. The van der Waals surface area contributed by atoms with Gasteiger partial charge in [0.15, 0.2) is 13.5 Å². The van der Waals surface area contributed by atoms with E-state index in [1.807, 2.05) is 6.07 Å². The molecule has 0 aliphatic carbocycles. The van der Waals surface area contributed by atoms with Crippen LogP contribution in [0.3, 0.4) is 0 Å². The van der Waals surface area contributed by atoms with Gasteiger partial charge in [0.25, 0.3) is 5.91 Å². The van der Waals surface area contributed by atoms with Gasteiger partial charge in [-0.3, -0.25) is 14.6 Å². The minimum absolute atomic E-state index is 0.202. The molecule has 0 saturated heterocycles. The molecule has 1 aromatic heterocycles. The molecule has 0 bridgehead atoms. The molecule has 2 aromatic rings. The Morgan fingerprint density at radius 3 is 2.61 bits per heavy atom. The lowest BCUT2D eigenvalue weighted by atomic mass is 9.80. The molecule has 0 aliphatic heterocycles. The molecular formula is C14H13B2ClN2O4. The molecule has 0 radical (unpaired) electrons. The van der Waals surface area contributed by atoms with E-state index < -0.39 is 18.4 Å². The fourth-order valence-corrected chi connectivity index (χ4v) is 2.50. The van der Waals surface area contributed by atoms with E-state index in [-0.39, 0.29) is 11.4 Å². The number of hydrogen-bond donors (Lipinski definition) is 3. The van der Waals surface area contributed by atoms with Crippen LogP contribution in [0.25, 0.3) is 11.1 Å². The quantitative estimate of drug-likeness (QED) is 0.589. The number of pyridine rings is 1. The van der Waals surface area contributed by atoms with Crippen LogP contribution in [0.2, 0.25) is 5.02 Å². The van der Waals surface area contributed by atoms with Crippen molar-refractivity contribution in [2.75, 3.05) is 6.54 Å². The van der Waals surface area contributed by atoms with Gasteiger partial charge in [-0.05, 0) is 28.7 Å². The molecule has 0 saturated carbocycles. The van der Waals surface area contributed by atoms with E-state index >= 15 is 0 Å². The second kappa shape index (κ2) is 6.75. The van der Waals surface area contributed by atoms with Gasteiger partial charge in [0, 0.05) is 10.6 Å². The smallest absolute Gasteiger partial charge is 0.322 e. The molecule has 3 N–H and O–H groups in total. The monoisotopic (exact) mass is 330 g/mol. The fraction of sp³-hybridized carbons (Fsp3) is 0.0714. The molecule has 116 valence electrons. The van der Waals surface area contributed by atoms with Crippen LogP contribution in [0, 0.1) is 0 Å². The third-order valence-corrected chi connectivity index (χ3v) is 3.56. The van der Waals surface area contributed by atoms with Crippen molar-refractivity contribution < 1.29 is 19.8 Å². The summed E-state index contributed by atoms with van der Waals surface area (Å²) in [6.07, 6.45) is 0. The van der Waals surface area contributed by atoms with Gasteiger partial charge in [0.05, 0.1) is 0 Å². The maximum absolute atomic E-state index is 12.0. The number of carbonyl (C=O) groups excluding carboxylic acids is 1. The largest absolute Gasteiger partial charge is 0.506 e. The summed E-state index contributed by atoms with van der Waals surface area (Å²) in [6, 6.07) is 7.08. The van der Waals surface area contributed by atoms with E-state index in [2.05, 4.69) is 10.3 Å². The molecule has 2 rings (SSSR count). The van der Waals surface area contributed by atoms with E-state index in [0.717, 1.165) is 5.56 Å². The number of aliphatic carboxylic acids is 1. The minimum atomic E-state index is -1.18. The van der Waals surface area contributed by atoms with Gasteiger partial charge in [0.2, 0.25) is 0 Å². The van der Waals surface area contributed by atoms with E-state index in [9.17, 15) is 14.7 Å². The molecule has 9 heteroatoms. The first kappa shape index (κ1) is 16.9. The Labute approximate surface area is 139 Å². The van der Waals surface area contributed by atoms with Gasteiger partial charge in [-0.25, -0.2) is 0 Å². The average Bonchev–Trinajstić information content (AvgIpc) is 2.48. The molecule has 0 aliphatic rings. The summed E-state index contributed by atoms with van der Waals surface area (Å²) in [7, 11) is 3.37. The second-order valence-corrected chi connectivity index (χ2v) is 5.42. The van der Waals surface area contributed by atoms with Gasteiger partial charge in [-0.15, -0.1) is 0 Å². The van der Waals surface area contributed by atoms with Crippen LogP contribution < -0.4 is 16.4 Å². The SMILES string of the molecule is Bc1nc(C(=O)NCC(=O)O)c(O)c(B)c1-c1cccc(Cl)c1. The summed E-state index contributed by atoms with van der Waals surface area (Å²) in [5.74, 6) is -2.20. The predicted molar refractivity (Wildman–Crippen MR) is 92.7 cm³/mol. The highest BCUT2D eigenvalue weighted by Crippen LogP contribution is 2.22. The molecule has 1 amide bonds. The molecule has 6 nitrogen and oxygen atoms in total. The number of amides is 1. The summed E-state index contributed by atoms with van der Waals surface area (Å²) in [4.78, 5) is 26.6. The number of carboxylic acid groups (broad SMARTS) is 1. The van der Waals surface area contributed by atoms with Crippen LogP contribution in [-0.2, 0) is 4.79 Å². The highest BCUT2D eigenvalue weighted by atomic mass is 35.5. The predicted octanol–water partition coefficient (Wildman–Crippen LogP) is -1.56. The molecule has 1 heterocycles. The van der Waals surface area contributed by atoms with Crippen molar-refractivity contribution in [3.05, 3.63) is 35.0 Å². The Bertz CT molecular complexity index is 799. The van der Waals surface area contributed by atoms with Crippen molar-refractivity contribution in [2.45, 2.75) is 0 Å². The van der Waals surface area contributed by atoms with Crippen molar-refractivity contribution in [3.63, 3.8) is 0 Å². The zero-order valence-corrected chi connectivity index (χ0v) is 13.3. The Morgan fingerprint density at radius 2 is 2.00 bits per heavy atom. The third kappa shape index (κ3) is 3.65. The Balaban J connectivity index is 2.48. The number of aromatic hydroxyl groups is 1. The van der Waals surface area contributed by atoms with Crippen LogP contribution in [0.4, 0.5) is 0 Å². The topological polar surface area (TPSA) is 99.5 Å². The number of benzene rings is 1. The van der Waals surface area contributed by atoms with Crippen molar-refractivity contribution in [2.24, 2.45) is 0 Å². The van der Waals surface area contributed by atoms with Gasteiger partial charge >= 0.3 is 5.97 Å². The summed E-state index contributed by atoms with van der Waals surface area (Å²) in [6.45, 7) is -0.548. The van der Waals surface area contributed by atoms with Crippen LogP contribution in [0.1, 0.15) is 10.5 Å². The highest BCUT2D eigenvalue weighted by molar-refractivity contribution is 6.45.